The van der Waals surface area contributed by atoms with Gasteiger partial charge in [0.25, 0.3) is 0 Å². The zero-order valence-corrected chi connectivity index (χ0v) is 9.27. The van der Waals surface area contributed by atoms with E-state index in [0.29, 0.717) is 24.5 Å². The van der Waals surface area contributed by atoms with Crippen LogP contribution in [0.1, 0.15) is 0 Å². The molecular weight excluding hydrogens is 220 g/mol. The van der Waals surface area contributed by atoms with Crippen molar-refractivity contribution in [3.8, 4) is 0 Å². The topological polar surface area (TPSA) is 87.5 Å². The fourth-order valence-electron chi connectivity index (χ4n) is 1.63. The largest absolute Gasteiger partial charge is 0.399 e. The molecule has 17 heavy (non-hydrogen) atoms. The highest BCUT2D eigenvalue weighted by Gasteiger charge is 2.20. The highest BCUT2D eigenvalue weighted by atomic mass is 16.2. The lowest BCUT2D eigenvalue weighted by molar-refractivity contribution is -0.123. The summed E-state index contributed by atoms with van der Waals surface area (Å²) in [6.07, 6.45) is 0. The molecule has 0 spiro atoms. The number of amides is 3. The molecule has 1 heterocycles. The van der Waals surface area contributed by atoms with Gasteiger partial charge in [0.15, 0.2) is 0 Å². The van der Waals surface area contributed by atoms with E-state index in [0.717, 1.165) is 0 Å². The van der Waals surface area contributed by atoms with E-state index in [2.05, 4.69) is 10.6 Å². The minimum atomic E-state index is -0.287. The number of anilines is 2. The van der Waals surface area contributed by atoms with E-state index in [4.69, 9.17) is 5.73 Å². The fourth-order valence-corrected chi connectivity index (χ4v) is 1.63. The van der Waals surface area contributed by atoms with Gasteiger partial charge in [-0.05, 0) is 18.2 Å². The predicted octanol–water partition coefficient (Wildman–Crippen LogP) is 0.232. The molecule has 0 unspecified atom stereocenters. The number of nitrogens with two attached hydrogens (primary N) is 1. The molecule has 2 rings (SSSR count). The maximum atomic E-state index is 11.8. The molecule has 4 N–H and O–H groups in total. The zero-order valence-electron chi connectivity index (χ0n) is 9.27. The molecule has 3 amide bonds. The van der Waals surface area contributed by atoms with Crippen molar-refractivity contribution in [1.29, 1.82) is 0 Å². The summed E-state index contributed by atoms with van der Waals surface area (Å²) in [5.74, 6) is -0.140. The summed E-state index contributed by atoms with van der Waals surface area (Å²) in [6.45, 7) is 1.09. The van der Waals surface area contributed by atoms with Crippen LogP contribution >= 0.6 is 0 Å². The molecular formula is C11H14N4O2. The number of benzene rings is 1. The number of carbonyl (C=O) groups is 2. The first-order chi connectivity index (χ1) is 8.15. The summed E-state index contributed by atoms with van der Waals surface area (Å²) >= 11 is 0. The van der Waals surface area contributed by atoms with Gasteiger partial charge in [-0.2, -0.15) is 0 Å². The molecule has 1 aromatic carbocycles. The first-order valence-electron chi connectivity index (χ1n) is 5.33. The highest BCUT2D eigenvalue weighted by Crippen LogP contribution is 2.12. The smallest absolute Gasteiger partial charge is 0.322 e. The van der Waals surface area contributed by atoms with E-state index in [-0.39, 0.29) is 18.5 Å². The summed E-state index contributed by atoms with van der Waals surface area (Å²) in [5.41, 5.74) is 6.81. The monoisotopic (exact) mass is 234 g/mol. The van der Waals surface area contributed by atoms with E-state index >= 15 is 0 Å². The van der Waals surface area contributed by atoms with Gasteiger partial charge in [-0.1, -0.05) is 6.07 Å². The summed E-state index contributed by atoms with van der Waals surface area (Å²) in [4.78, 5) is 24.4. The van der Waals surface area contributed by atoms with Crippen LogP contribution in [0.25, 0.3) is 0 Å². The molecule has 0 aromatic heterocycles. The van der Waals surface area contributed by atoms with Gasteiger partial charge in [0.2, 0.25) is 5.91 Å². The van der Waals surface area contributed by atoms with Crippen molar-refractivity contribution in [2.75, 3.05) is 30.7 Å². The Morgan fingerprint density at radius 1 is 1.47 bits per heavy atom. The van der Waals surface area contributed by atoms with Gasteiger partial charge in [0, 0.05) is 24.5 Å². The molecule has 0 aliphatic carbocycles. The Bertz CT molecular complexity index is 447. The molecule has 0 saturated carbocycles. The van der Waals surface area contributed by atoms with Crippen LogP contribution in [-0.4, -0.2) is 36.5 Å². The average Bonchev–Trinajstić information content (AvgIpc) is 2.29. The van der Waals surface area contributed by atoms with Gasteiger partial charge in [0.05, 0.1) is 0 Å². The number of carbonyl (C=O) groups excluding carboxylic acids is 2. The number of rotatable bonds is 1. The second-order valence-corrected chi connectivity index (χ2v) is 3.83. The third-order valence-corrected chi connectivity index (χ3v) is 2.46. The SMILES string of the molecule is Nc1cccc(NC(=O)N2CCNC(=O)C2)c1. The maximum absolute atomic E-state index is 11.8. The van der Waals surface area contributed by atoms with Crippen molar-refractivity contribution in [1.82, 2.24) is 10.2 Å². The number of nitrogen functional groups attached to an aromatic ring is 1. The minimum absolute atomic E-state index is 0.0914. The summed E-state index contributed by atoms with van der Waals surface area (Å²) in [7, 11) is 0. The van der Waals surface area contributed by atoms with Crippen LogP contribution < -0.4 is 16.4 Å². The Morgan fingerprint density at radius 3 is 3.00 bits per heavy atom. The average molecular weight is 234 g/mol. The number of nitrogens with zero attached hydrogens (tertiary/aromatic N) is 1. The first-order valence-corrected chi connectivity index (χ1v) is 5.33. The van der Waals surface area contributed by atoms with Crippen LogP contribution in [0.3, 0.4) is 0 Å². The van der Waals surface area contributed by atoms with Crippen LogP contribution in [0.4, 0.5) is 16.2 Å². The summed E-state index contributed by atoms with van der Waals surface area (Å²) in [5, 5.41) is 5.36. The van der Waals surface area contributed by atoms with Crippen molar-refractivity contribution >= 4 is 23.3 Å². The third kappa shape index (κ3) is 2.87. The summed E-state index contributed by atoms with van der Waals surface area (Å²) < 4.78 is 0. The Hall–Kier alpha value is -2.24. The lowest BCUT2D eigenvalue weighted by atomic mass is 10.3. The normalized spacial score (nSPS) is 15.3. The molecule has 1 aliphatic rings. The fraction of sp³-hybridized carbons (Fsp3) is 0.273. The Balaban J connectivity index is 1.99. The molecule has 1 aliphatic heterocycles. The molecule has 0 radical (unpaired) electrons. The number of urea groups is 1. The number of hydrogen-bond acceptors (Lipinski definition) is 3. The number of piperazine rings is 1. The molecule has 90 valence electrons. The molecule has 6 nitrogen and oxygen atoms in total. The van der Waals surface area contributed by atoms with Crippen LogP contribution in [0.2, 0.25) is 0 Å². The highest BCUT2D eigenvalue weighted by molar-refractivity contribution is 5.93. The van der Waals surface area contributed by atoms with Gasteiger partial charge < -0.3 is 21.3 Å². The van der Waals surface area contributed by atoms with Crippen molar-refractivity contribution in [2.24, 2.45) is 0 Å². The van der Waals surface area contributed by atoms with Crippen molar-refractivity contribution in [3.05, 3.63) is 24.3 Å². The van der Waals surface area contributed by atoms with Crippen molar-refractivity contribution in [3.63, 3.8) is 0 Å². The van der Waals surface area contributed by atoms with Gasteiger partial charge in [0.1, 0.15) is 6.54 Å². The molecule has 6 heteroatoms. The Morgan fingerprint density at radius 2 is 2.29 bits per heavy atom. The van der Waals surface area contributed by atoms with E-state index in [1.807, 2.05) is 0 Å². The second kappa shape index (κ2) is 4.73. The molecule has 1 aromatic rings. The van der Waals surface area contributed by atoms with Crippen molar-refractivity contribution in [2.45, 2.75) is 0 Å². The van der Waals surface area contributed by atoms with Crippen molar-refractivity contribution < 1.29 is 9.59 Å². The van der Waals surface area contributed by atoms with Gasteiger partial charge in [-0.25, -0.2) is 4.79 Å². The maximum Gasteiger partial charge on any atom is 0.322 e. The Kier molecular flexibility index (Phi) is 3.13. The molecule has 1 saturated heterocycles. The lowest BCUT2D eigenvalue weighted by Crippen LogP contribution is -2.51. The lowest BCUT2D eigenvalue weighted by Gasteiger charge is -2.26. The van der Waals surface area contributed by atoms with Gasteiger partial charge >= 0.3 is 6.03 Å². The third-order valence-electron chi connectivity index (χ3n) is 2.46. The predicted molar refractivity (Wildman–Crippen MR) is 64.5 cm³/mol. The standard InChI is InChI=1S/C11H14N4O2/c12-8-2-1-3-9(6-8)14-11(17)15-5-4-13-10(16)7-15/h1-3,6H,4-5,7,12H2,(H,13,16)(H,14,17). The minimum Gasteiger partial charge on any atom is -0.399 e. The van der Waals surface area contributed by atoms with E-state index < -0.39 is 0 Å². The van der Waals surface area contributed by atoms with Crippen LogP contribution in [0, 0.1) is 0 Å². The quantitative estimate of drug-likeness (QED) is 0.608. The number of hydrogen-bond donors (Lipinski definition) is 3. The van der Waals surface area contributed by atoms with E-state index in [1.165, 1.54) is 4.90 Å². The molecule has 0 bridgehead atoms. The summed E-state index contributed by atoms with van der Waals surface area (Å²) in [6, 6.07) is 6.63. The Labute approximate surface area is 98.8 Å². The van der Waals surface area contributed by atoms with E-state index in [1.54, 1.807) is 24.3 Å². The van der Waals surface area contributed by atoms with Crippen LogP contribution in [-0.2, 0) is 4.79 Å². The number of nitrogens with one attached hydrogen (secondary N) is 2. The van der Waals surface area contributed by atoms with Gasteiger partial charge in [-0.15, -0.1) is 0 Å². The second-order valence-electron chi connectivity index (χ2n) is 3.83. The molecule has 1 fully saturated rings. The zero-order chi connectivity index (χ0) is 12.3. The molecule has 0 atom stereocenters. The van der Waals surface area contributed by atoms with Crippen LogP contribution in [0.5, 0.6) is 0 Å². The first kappa shape index (κ1) is 11.3. The van der Waals surface area contributed by atoms with Crippen LogP contribution in [0.15, 0.2) is 24.3 Å². The van der Waals surface area contributed by atoms with Gasteiger partial charge in [-0.3, -0.25) is 4.79 Å². The van der Waals surface area contributed by atoms with E-state index in [9.17, 15) is 9.59 Å².